The van der Waals surface area contributed by atoms with Gasteiger partial charge >= 0.3 is 0 Å². The number of ketones is 2. The molecule has 0 spiro atoms. The molecular weight excluding hydrogens is 162 g/mol. The Labute approximate surface area is 68.7 Å². The van der Waals surface area contributed by atoms with Crippen LogP contribution in [0.1, 0.15) is 0 Å². The summed E-state index contributed by atoms with van der Waals surface area (Å²) in [4.78, 5) is 21.7. The normalized spacial score (nSPS) is 16.6. The molecule has 0 heterocycles. The molecule has 11 heavy (non-hydrogen) atoms. The molecular formula is C7H7NO2S. The van der Waals surface area contributed by atoms with Crippen molar-refractivity contribution in [2.75, 3.05) is 6.26 Å². The van der Waals surface area contributed by atoms with Gasteiger partial charge in [-0.2, -0.15) is 0 Å². The molecule has 1 N–H and O–H groups in total. The van der Waals surface area contributed by atoms with Gasteiger partial charge in [-0.25, -0.2) is 0 Å². The SMILES string of the molecule is CSNC1=CC(=O)C=CC1=O. The van der Waals surface area contributed by atoms with E-state index < -0.39 is 0 Å². The highest BCUT2D eigenvalue weighted by Crippen LogP contribution is 2.04. The van der Waals surface area contributed by atoms with Crippen molar-refractivity contribution in [1.29, 1.82) is 0 Å². The van der Waals surface area contributed by atoms with Gasteiger partial charge in [0.05, 0.1) is 5.70 Å². The average Bonchev–Trinajstić information content (AvgIpc) is 1.98. The molecule has 1 aliphatic carbocycles. The summed E-state index contributed by atoms with van der Waals surface area (Å²) in [7, 11) is 0. The molecule has 58 valence electrons. The summed E-state index contributed by atoms with van der Waals surface area (Å²) in [5, 5.41) is 0. The third-order valence-electron chi connectivity index (χ3n) is 1.16. The minimum Gasteiger partial charge on any atom is -0.327 e. The highest BCUT2D eigenvalue weighted by atomic mass is 32.2. The van der Waals surface area contributed by atoms with E-state index in [2.05, 4.69) is 4.72 Å². The average molecular weight is 169 g/mol. The molecule has 0 unspecified atom stereocenters. The fourth-order valence-electron chi connectivity index (χ4n) is 0.699. The number of hydrogen-bond donors (Lipinski definition) is 1. The molecule has 0 aromatic heterocycles. The predicted molar refractivity (Wildman–Crippen MR) is 43.9 cm³/mol. The van der Waals surface area contributed by atoms with Crippen LogP contribution in [0.2, 0.25) is 0 Å². The van der Waals surface area contributed by atoms with E-state index in [1.54, 1.807) is 6.26 Å². The van der Waals surface area contributed by atoms with E-state index in [0.717, 1.165) is 0 Å². The fourth-order valence-corrected chi connectivity index (χ4v) is 1.08. The van der Waals surface area contributed by atoms with Crippen molar-refractivity contribution in [3.8, 4) is 0 Å². The number of rotatable bonds is 2. The Morgan fingerprint density at radius 1 is 1.36 bits per heavy atom. The number of allylic oxidation sites excluding steroid dienone is 3. The van der Waals surface area contributed by atoms with Crippen LogP contribution in [0.25, 0.3) is 0 Å². The van der Waals surface area contributed by atoms with Crippen molar-refractivity contribution in [3.63, 3.8) is 0 Å². The molecule has 3 nitrogen and oxygen atoms in total. The lowest BCUT2D eigenvalue weighted by molar-refractivity contribution is -0.114. The second-order valence-electron chi connectivity index (χ2n) is 1.96. The monoisotopic (exact) mass is 169 g/mol. The van der Waals surface area contributed by atoms with Gasteiger partial charge in [-0.1, -0.05) is 11.9 Å². The van der Waals surface area contributed by atoms with Gasteiger partial charge in [-0.3, -0.25) is 9.59 Å². The van der Waals surface area contributed by atoms with E-state index in [1.807, 2.05) is 0 Å². The van der Waals surface area contributed by atoms with Crippen molar-refractivity contribution in [1.82, 2.24) is 4.72 Å². The third kappa shape index (κ3) is 1.94. The Kier molecular flexibility index (Phi) is 2.48. The zero-order chi connectivity index (χ0) is 8.27. The molecule has 0 saturated heterocycles. The Morgan fingerprint density at radius 2 is 2.09 bits per heavy atom. The maximum absolute atomic E-state index is 10.9. The fraction of sp³-hybridized carbons (Fsp3) is 0.143. The molecule has 4 heteroatoms. The van der Waals surface area contributed by atoms with Gasteiger partial charge in [0.25, 0.3) is 0 Å². The zero-order valence-corrected chi connectivity index (χ0v) is 6.77. The first-order valence-corrected chi connectivity index (χ1v) is 4.23. The van der Waals surface area contributed by atoms with Crippen LogP contribution in [0.15, 0.2) is 23.9 Å². The van der Waals surface area contributed by atoms with E-state index in [9.17, 15) is 9.59 Å². The summed E-state index contributed by atoms with van der Waals surface area (Å²) in [6.45, 7) is 0. The third-order valence-corrected chi connectivity index (χ3v) is 1.59. The number of carbonyl (C=O) groups is 2. The first-order valence-electron chi connectivity index (χ1n) is 3.01. The van der Waals surface area contributed by atoms with Crippen molar-refractivity contribution in [2.24, 2.45) is 0 Å². The Hall–Kier alpha value is -1.03. The van der Waals surface area contributed by atoms with Crippen molar-refractivity contribution >= 4 is 23.5 Å². The van der Waals surface area contributed by atoms with Crippen LogP contribution in [-0.2, 0) is 9.59 Å². The number of nitrogens with one attached hydrogen (secondary N) is 1. The molecule has 0 saturated carbocycles. The highest BCUT2D eigenvalue weighted by molar-refractivity contribution is 7.96. The Bertz CT molecular complexity index is 255. The molecule has 0 radical (unpaired) electrons. The lowest BCUT2D eigenvalue weighted by atomic mass is 10.1. The first kappa shape index (κ1) is 8.07. The summed E-state index contributed by atoms with van der Waals surface area (Å²) in [6.07, 6.45) is 5.60. The van der Waals surface area contributed by atoms with Gasteiger partial charge in [-0.15, -0.1) is 0 Å². The van der Waals surface area contributed by atoms with E-state index in [1.165, 1.54) is 30.2 Å². The minimum absolute atomic E-state index is 0.152. The van der Waals surface area contributed by atoms with Crippen LogP contribution in [0.5, 0.6) is 0 Å². The summed E-state index contributed by atoms with van der Waals surface area (Å²) in [5.41, 5.74) is 0.352. The molecule has 0 aromatic carbocycles. The smallest absolute Gasteiger partial charge is 0.202 e. The second kappa shape index (κ2) is 3.39. The number of carbonyl (C=O) groups excluding carboxylic acids is 2. The molecule has 0 amide bonds. The molecule has 1 aliphatic rings. The summed E-state index contributed by atoms with van der Waals surface area (Å²) in [6, 6.07) is 0. The van der Waals surface area contributed by atoms with Gasteiger partial charge < -0.3 is 4.72 Å². The van der Waals surface area contributed by atoms with Crippen LogP contribution in [0.4, 0.5) is 0 Å². The van der Waals surface area contributed by atoms with Crippen molar-refractivity contribution in [2.45, 2.75) is 0 Å². The summed E-state index contributed by atoms with van der Waals surface area (Å²) >= 11 is 1.29. The van der Waals surface area contributed by atoms with Crippen LogP contribution < -0.4 is 4.72 Å². The first-order chi connectivity index (χ1) is 5.24. The second-order valence-corrected chi connectivity index (χ2v) is 2.58. The molecule has 0 bridgehead atoms. The van der Waals surface area contributed by atoms with Crippen molar-refractivity contribution < 1.29 is 9.59 Å². The molecule has 1 rings (SSSR count). The summed E-state index contributed by atoms with van der Waals surface area (Å²) in [5.74, 6) is -0.305. The van der Waals surface area contributed by atoms with E-state index in [-0.39, 0.29) is 11.6 Å². The topological polar surface area (TPSA) is 46.2 Å². The molecule has 0 atom stereocenters. The Morgan fingerprint density at radius 3 is 2.73 bits per heavy atom. The van der Waals surface area contributed by atoms with Crippen LogP contribution in [0, 0.1) is 0 Å². The van der Waals surface area contributed by atoms with E-state index in [4.69, 9.17) is 0 Å². The predicted octanol–water partition coefficient (Wildman–Crippen LogP) is 0.446. The van der Waals surface area contributed by atoms with Gasteiger partial charge in [0.1, 0.15) is 0 Å². The van der Waals surface area contributed by atoms with Gasteiger partial charge in [0.2, 0.25) is 5.78 Å². The largest absolute Gasteiger partial charge is 0.327 e. The lowest BCUT2D eigenvalue weighted by Crippen LogP contribution is -2.16. The van der Waals surface area contributed by atoms with Crippen LogP contribution in [0.3, 0.4) is 0 Å². The highest BCUT2D eigenvalue weighted by Gasteiger charge is 2.11. The van der Waals surface area contributed by atoms with Crippen LogP contribution in [-0.4, -0.2) is 17.8 Å². The van der Waals surface area contributed by atoms with E-state index >= 15 is 0 Å². The van der Waals surface area contributed by atoms with Gasteiger partial charge in [0.15, 0.2) is 5.78 Å². The lowest BCUT2D eigenvalue weighted by Gasteiger charge is -2.05. The van der Waals surface area contributed by atoms with E-state index in [0.29, 0.717) is 5.70 Å². The molecule has 0 aliphatic heterocycles. The van der Waals surface area contributed by atoms with Crippen molar-refractivity contribution in [3.05, 3.63) is 23.9 Å². The maximum atomic E-state index is 10.9. The molecule has 0 aromatic rings. The zero-order valence-electron chi connectivity index (χ0n) is 5.96. The number of hydrogen-bond acceptors (Lipinski definition) is 4. The minimum atomic E-state index is -0.154. The maximum Gasteiger partial charge on any atom is 0.202 e. The van der Waals surface area contributed by atoms with Gasteiger partial charge in [0, 0.05) is 12.3 Å². The standard InChI is InChI=1S/C7H7NO2S/c1-11-8-6-4-5(9)2-3-7(6)10/h2-4,8H,1H3. The van der Waals surface area contributed by atoms with Gasteiger partial charge in [-0.05, 0) is 12.2 Å². The Balaban J connectivity index is 2.76. The molecule has 0 fully saturated rings. The summed E-state index contributed by atoms with van der Waals surface area (Å²) < 4.78 is 2.72. The van der Waals surface area contributed by atoms with Crippen LogP contribution >= 0.6 is 11.9 Å². The quantitative estimate of drug-likeness (QED) is 0.481.